The fraction of sp³-hybridized carbons (Fsp3) is 0.100. The molecule has 2 rings (SSSR count). The lowest BCUT2D eigenvalue weighted by Gasteiger charge is -1.97. The summed E-state index contributed by atoms with van der Waals surface area (Å²) < 4.78 is 1.07. The van der Waals surface area contributed by atoms with E-state index in [9.17, 15) is 0 Å². The van der Waals surface area contributed by atoms with E-state index in [-0.39, 0.29) is 17.0 Å². The Balaban J connectivity index is 0.00000112. The number of nitrogens with zero attached hydrogens (tertiary/aromatic N) is 1. The first-order valence-electron chi connectivity index (χ1n) is 4.15. The minimum absolute atomic E-state index is 0. The van der Waals surface area contributed by atoms with Crippen molar-refractivity contribution in [2.75, 3.05) is 5.73 Å². The van der Waals surface area contributed by atoms with E-state index in [1.165, 1.54) is 11.3 Å². The van der Waals surface area contributed by atoms with Gasteiger partial charge in [-0.1, -0.05) is 28.1 Å². The van der Waals surface area contributed by atoms with Crippen LogP contribution < -0.4 is 5.73 Å². The van der Waals surface area contributed by atoms with Gasteiger partial charge in [0.05, 0.1) is 5.69 Å². The van der Waals surface area contributed by atoms with Crippen LogP contribution in [0.3, 0.4) is 0 Å². The summed E-state index contributed by atoms with van der Waals surface area (Å²) in [5.41, 5.74) is 7.74. The molecule has 0 aliphatic heterocycles. The average molecular weight is 350 g/mol. The lowest BCUT2D eigenvalue weighted by atomic mass is 10.1. The second-order valence-corrected chi connectivity index (χ2v) is 5.11. The number of hydrogen-bond donors (Lipinski definition) is 1. The first-order chi connectivity index (χ1) is 6.66. The molecule has 80 valence electrons. The van der Waals surface area contributed by atoms with Crippen molar-refractivity contribution in [3.63, 3.8) is 0 Å². The Kier molecular flexibility index (Phi) is 4.31. The summed E-state index contributed by atoms with van der Waals surface area (Å²) in [4.78, 5) is 5.45. The molecule has 2 aromatic rings. The summed E-state index contributed by atoms with van der Waals surface area (Å²) in [5.74, 6) is 0. The summed E-state index contributed by atoms with van der Waals surface area (Å²) in [5, 5.41) is 0.625. The SMILES string of the molecule is Br.Cc1sc(N)nc1-c1ccc(Br)cc1. The van der Waals surface area contributed by atoms with Crippen molar-refractivity contribution < 1.29 is 0 Å². The number of hydrogen-bond acceptors (Lipinski definition) is 3. The number of nitrogen functional groups attached to an aromatic ring is 1. The molecule has 0 amide bonds. The van der Waals surface area contributed by atoms with Gasteiger partial charge in [0, 0.05) is 14.9 Å². The molecule has 0 fully saturated rings. The topological polar surface area (TPSA) is 38.9 Å². The van der Waals surface area contributed by atoms with E-state index in [0.717, 1.165) is 20.6 Å². The van der Waals surface area contributed by atoms with Crippen LogP contribution in [-0.4, -0.2) is 4.98 Å². The van der Waals surface area contributed by atoms with Gasteiger partial charge in [0.1, 0.15) is 0 Å². The van der Waals surface area contributed by atoms with Gasteiger partial charge < -0.3 is 5.73 Å². The minimum Gasteiger partial charge on any atom is -0.375 e. The van der Waals surface area contributed by atoms with Gasteiger partial charge in [-0.15, -0.1) is 28.3 Å². The average Bonchev–Trinajstić information content (AvgIpc) is 2.47. The van der Waals surface area contributed by atoms with Gasteiger partial charge >= 0.3 is 0 Å². The van der Waals surface area contributed by atoms with Gasteiger partial charge in [-0.05, 0) is 19.1 Å². The summed E-state index contributed by atoms with van der Waals surface area (Å²) in [6, 6.07) is 8.08. The molecular weight excluding hydrogens is 340 g/mol. The van der Waals surface area contributed by atoms with Gasteiger partial charge in [-0.3, -0.25) is 0 Å². The van der Waals surface area contributed by atoms with Crippen molar-refractivity contribution in [3.05, 3.63) is 33.6 Å². The number of aromatic nitrogens is 1. The standard InChI is InChI=1S/C10H9BrN2S.BrH/c1-6-9(13-10(12)14-6)7-2-4-8(11)5-3-7;/h2-5H,1H3,(H2,12,13);1H. The number of rotatable bonds is 1. The molecule has 1 aromatic heterocycles. The Morgan fingerprint density at radius 2 is 1.87 bits per heavy atom. The summed E-state index contributed by atoms with van der Waals surface area (Å²) in [6.07, 6.45) is 0. The van der Waals surface area contributed by atoms with E-state index in [0.29, 0.717) is 5.13 Å². The molecule has 0 unspecified atom stereocenters. The maximum Gasteiger partial charge on any atom is 0.180 e. The van der Waals surface area contributed by atoms with Crippen molar-refractivity contribution in [1.29, 1.82) is 0 Å². The molecule has 1 heterocycles. The molecule has 0 aliphatic rings. The van der Waals surface area contributed by atoms with Gasteiger partial charge in [-0.25, -0.2) is 4.98 Å². The molecule has 0 aliphatic carbocycles. The van der Waals surface area contributed by atoms with Crippen molar-refractivity contribution in [3.8, 4) is 11.3 Å². The first-order valence-corrected chi connectivity index (χ1v) is 5.76. The van der Waals surface area contributed by atoms with Crippen LogP contribution in [0.2, 0.25) is 0 Å². The number of benzene rings is 1. The molecule has 0 atom stereocenters. The van der Waals surface area contributed by atoms with E-state index < -0.39 is 0 Å². The number of nitrogens with two attached hydrogens (primary N) is 1. The zero-order valence-corrected chi connectivity index (χ0v) is 12.1. The van der Waals surface area contributed by atoms with E-state index in [1.807, 2.05) is 31.2 Å². The first kappa shape index (κ1) is 12.7. The molecule has 0 saturated carbocycles. The maximum absolute atomic E-state index is 5.64. The molecule has 1 aromatic carbocycles. The number of halogens is 2. The van der Waals surface area contributed by atoms with Crippen molar-refractivity contribution >= 4 is 49.4 Å². The Labute approximate surface area is 111 Å². The zero-order valence-electron chi connectivity index (χ0n) is 8.03. The molecule has 0 bridgehead atoms. The van der Waals surface area contributed by atoms with E-state index in [4.69, 9.17) is 5.73 Å². The van der Waals surface area contributed by atoms with Crippen LogP contribution in [0.25, 0.3) is 11.3 Å². The lowest BCUT2D eigenvalue weighted by Crippen LogP contribution is -1.83. The molecule has 0 radical (unpaired) electrons. The molecular formula is C10H10Br2N2S. The normalized spacial score (nSPS) is 9.73. The largest absolute Gasteiger partial charge is 0.375 e. The summed E-state index contributed by atoms with van der Waals surface area (Å²) in [6.45, 7) is 2.03. The second-order valence-electron chi connectivity index (χ2n) is 2.96. The highest BCUT2D eigenvalue weighted by molar-refractivity contribution is 9.10. The third kappa shape index (κ3) is 2.80. The number of thiazole rings is 1. The highest BCUT2D eigenvalue weighted by Crippen LogP contribution is 2.29. The van der Waals surface area contributed by atoms with Crippen molar-refractivity contribution in [2.24, 2.45) is 0 Å². The molecule has 0 spiro atoms. The minimum atomic E-state index is 0. The van der Waals surface area contributed by atoms with Crippen LogP contribution in [0.5, 0.6) is 0 Å². The Morgan fingerprint density at radius 1 is 1.27 bits per heavy atom. The lowest BCUT2D eigenvalue weighted by molar-refractivity contribution is 1.38. The van der Waals surface area contributed by atoms with Crippen molar-refractivity contribution in [1.82, 2.24) is 4.98 Å². The molecule has 0 saturated heterocycles. The highest BCUT2D eigenvalue weighted by atomic mass is 79.9. The second kappa shape index (κ2) is 5.09. The fourth-order valence-electron chi connectivity index (χ4n) is 1.29. The Morgan fingerprint density at radius 3 is 2.33 bits per heavy atom. The number of anilines is 1. The van der Waals surface area contributed by atoms with Crippen LogP contribution in [0.1, 0.15) is 4.88 Å². The Hall–Kier alpha value is -0.390. The smallest absolute Gasteiger partial charge is 0.180 e. The summed E-state index contributed by atoms with van der Waals surface area (Å²) in [7, 11) is 0. The van der Waals surface area contributed by atoms with Crippen LogP contribution in [0.4, 0.5) is 5.13 Å². The van der Waals surface area contributed by atoms with Crippen LogP contribution in [-0.2, 0) is 0 Å². The fourth-order valence-corrected chi connectivity index (χ4v) is 2.27. The van der Waals surface area contributed by atoms with Crippen LogP contribution in [0.15, 0.2) is 28.7 Å². The summed E-state index contributed by atoms with van der Waals surface area (Å²) >= 11 is 4.92. The van der Waals surface area contributed by atoms with Crippen LogP contribution >= 0.6 is 44.2 Å². The van der Waals surface area contributed by atoms with Crippen molar-refractivity contribution in [2.45, 2.75) is 6.92 Å². The van der Waals surface area contributed by atoms with Crippen LogP contribution in [0, 0.1) is 6.92 Å². The molecule has 2 nitrogen and oxygen atoms in total. The number of aryl methyl sites for hydroxylation is 1. The van der Waals surface area contributed by atoms with E-state index >= 15 is 0 Å². The van der Waals surface area contributed by atoms with E-state index in [2.05, 4.69) is 20.9 Å². The molecule has 2 N–H and O–H groups in total. The van der Waals surface area contributed by atoms with E-state index in [1.54, 1.807) is 0 Å². The Bertz CT molecular complexity index is 451. The quantitative estimate of drug-likeness (QED) is 0.843. The maximum atomic E-state index is 5.64. The third-order valence-electron chi connectivity index (χ3n) is 1.93. The third-order valence-corrected chi connectivity index (χ3v) is 3.26. The molecule has 15 heavy (non-hydrogen) atoms. The predicted molar refractivity (Wildman–Crippen MR) is 74.7 cm³/mol. The monoisotopic (exact) mass is 348 g/mol. The highest BCUT2D eigenvalue weighted by Gasteiger charge is 2.07. The van der Waals surface area contributed by atoms with Gasteiger partial charge in [-0.2, -0.15) is 0 Å². The van der Waals surface area contributed by atoms with Gasteiger partial charge in [0.15, 0.2) is 5.13 Å². The molecule has 5 heteroatoms. The van der Waals surface area contributed by atoms with Gasteiger partial charge in [0.2, 0.25) is 0 Å². The zero-order chi connectivity index (χ0) is 10.1. The van der Waals surface area contributed by atoms with Gasteiger partial charge in [0.25, 0.3) is 0 Å². The predicted octanol–water partition coefficient (Wildman–Crippen LogP) is 4.04.